The van der Waals surface area contributed by atoms with Crippen LogP contribution < -0.4 is 0 Å². The van der Waals surface area contributed by atoms with E-state index in [2.05, 4.69) is 67.4 Å². The molecule has 0 aromatic rings. The lowest BCUT2D eigenvalue weighted by Gasteiger charge is -2.45. The van der Waals surface area contributed by atoms with Crippen LogP contribution in [0.2, 0.25) is 37.8 Å². The van der Waals surface area contributed by atoms with Crippen molar-refractivity contribution in [1.82, 2.24) is 0 Å². The van der Waals surface area contributed by atoms with Crippen molar-refractivity contribution < 1.29 is 8.85 Å². The highest BCUT2D eigenvalue weighted by Gasteiger charge is 2.62. The molecule has 0 radical (unpaired) electrons. The molecule has 0 spiro atoms. The van der Waals surface area contributed by atoms with E-state index >= 15 is 0 Å². The number of rotatable bonds is 4. The zero-order valence-corrected chi connectivity index (χ0v) is 20.2. The van der Waals surface area contributed by atoms with Crippen molar-refractivity contribution in [2.24, 2.45) is 23.7 Å². The van der Waals surface area contributed by atoms with Gasteiger partial charge in [0, 0.05) is 12.3 Å². The summed E-state index contributed by atoms with van der Waals surface area (Å²) in [5.74, 6) is 4.23. The van der Waals surface area contributed by atoms with Crippen LogP contribution in [-0.4, -0.2) is 22.2 Å². The van der Waals surface area contributed by atoms with Crippen molar-refractivity contribution in [3.05, 3.63) is 11.3 Å². The van der Waals surface area contributed by atoms with Crippen molar-refractivity contribution in [3.8, 4) is 0 Å². The molecule has 2 fully saturated rings. The van der Waals surface area contributed by atoms with Gasteiger partial charge in [-0.2, -0.15) is 0 Å². The molecule has 0 aromatic carbocycles. The molecule has 0 amide bonds. The summed E-state index contributed by atoms with van der Waals surface area (Å²) >= 11 is 0. The van der Waals surface area contributed by atoms with Crippen LogP contribution in [0.25, 0.3) is 0 Å². The Kier molecular flexibility index (Phi) is 4.50. The highest BCUT2D eigenvalue weighted by Crippen LogP contribution is 2.65. The molecule has 5 atom stereocenters. The topological polar surface area (TPSA) is 18.5 Å². The molecule has 0 N–H and O–H groups in total. The number of hydrogen-bond acceptors (Lipinski definition) is 2. The fraction of sp³-hybridized carbons (Fsp3) is 0.905. The Morgan fingerprint density at radius 1 is 1.04 bits per heavy atom. The van der Waals surface area contributed by atoms with E-state index in [4.69, 9.17) is 8.85 Å². The highest BCUT2D eigenvalue weighted by atomic mass is 28.4. The third kappa shape index (κ3) is 3.21. The fourth-order valence-corrected chi connectivity index (χ4v) is 8.15. The Labute approximate surface area is 158 Å². The monoisotopic (exact) mass is 380 g/mol. The zero-order valence-electron chi connectivity index (χ0n) is 18.2. The second-order valence-electron chi connectivity index (χ2n) is 11.6. The largest absolute Gasteiger partial charge is 0.547 e. The molecule has 3 rings (SSSR count). The molecule has 2 saturated carbocycles. The van der Waals surface area contributed by atoms with E-state index in [0.29, 0.717) is 11.8 Å². The van der Waals surface area contributed by atoms with Gasteiger partial charge in [0.15, 0.2) is 8.32 Å². The minimum absolute atomic E-state index is 0.0198. The van der Waals surface area contributed by atoms with Gasteiger partial charge in [0.25, 0.3) is 0 Å². The van der Waals surface area contributed by atoms with Crippen LogP contribution in [0.4, 0.5) is 0 Å². The first-order valence-corrected chi connectivity index (χ1v) is 16.6. The lowest BCUT2D eigenvalue weighted by atomic mass is 9.85. The average Bonchev–Trinajstić information content (AvgIpc) is 2.99. The van der Waals surface area contributed by atoms with E-state index in [9.17, 15) is 0 Å². The minimum Gasteiger partial charge on any atom is -0.547 e. The summed E-state index contributed by atoms with van der Waals surface area (Å²) in [6, 6.07) is 0. The maximum atomic E-state index is 7.09. The van der Waals surface area contributed by atoms with Gasteiger partial charge in [-0.25, -0.2) is 0 Å². The Bertz CT molecular complexity index is 582. The summed E-state index contributed by atoms with van der Waals surface area (Å²) in [4.78, 5) is 0. The van der Waals surface area contributed by atoms with Crippen molar-refractivity contribution in [2.45, 2.75) is 97.3 Å². The Morgan fingerprint density at radius 2 is 1.64 bits per heavy atom. The van der Waals surface area contributed by atoms with Gasteiger partial charge in [-0.15, -0.1) is 0 Å². The van der Waals surface area contributed by atoms with Gasteiger partial charge in [0.1, 0.15) is 0 Å². The molecule has 3 aliphatic rings. The first kappa shape index (κ1) is 19.7. The van der Waals surface area contributed by atoms with E-state index in [1.54, 1.807) is 5.57 Å². The van der Waals surface area contributed by atoms with E-state index in [-0.39, 0.29) is 10.6 Å². The summed E-state index contributed by atoms with van der Waals surface area (Å²) in [5.41, 5.74) is 1.66. The quantitative estimate of drug-likeness (QED) is 0.514. The summed E-state index contributed by atoms with van der Waals surface area (Å²) < 4.78 is 13.7. The predicted octanol–water partition coefficient (Wildman–Crippen LogP) is 6.57. The van der Waals surface area contributed by atoms with Crippen LogP contribution in [0.15, 0.2) is 11.3 Å². The summed E-state index contributed by atoms with van der Waals surface area (Å²) in [6.07, 6.45) is 3.80. The first-order chi connectivity index (χ1) is 11.2. The van der Waals surface area contributed by atoms with Crippen LogP contribution in [0.1, 0.15) is 53.9 Å². The van der Waals surface area contributed by atoms with Gasteiger partial charge in [0.05, 0.1) is 11.4 Å². The SMILES string of the molecule is C[C@H]1C(O[Si](C)(C)C)=C2C[C@@](C)(O[Si](C)(C)C(C)(C)C)[C@@H]3CC[C@H]1[C@H]23. The smallest absolute Gasteiger partial charge is 0.241 e. The van der Waals surface area contributed by atoms with Gasteiger partial charge < -0.3 is 8.85 Å². The average molecular weight is 381 g/mol. The van der Waals surface area contributed by atoms with Crippen LogP contribution in [-0.2, 0) is 8.85 Å². The normalized spacial score (nSPS) is 38.5. The molecule has 0 saturated heterocycles. The lowest BCUT2D eigenvalue weighted by molar-refractivity contribution is 0.0262. The lowest BCUT2D eigenvalue weighted by Crippen LogP contribution is -2.50. The molecule has 0 aromatic heterocycles. The summed E-state index contributed by atoms with van der Waals surface area (Å²) in [6.45, 7) is 23.7. The Hall–Kier alpha value is -0.0662. The number of hydrogen-bond donors (Lipinski definition) is 0. The Morgan fingerprint density at radius 3 is 2.16 bits per heavy atom. The number of allylic oxidation sites excluding steroid dienone is 1. The highest BCUT2D eigenvalue weighted by molar-refractivity contribution is 6.74. The summed E-state index contributed by atoms with van der Waals surface area (Å²) in [5, 5.41) is 0.269. The van der Waals surface area contributed by atoms with Crippen molar-refractivity contribution in [1.29, 1.82) is 0 Å². The van der Waals surface area contributed by atoms with E-state index in [1.807, 2.05) is 0 Å². The molecular formula is C21H40O2Si2. The van der Waals surface area contributed by atoms with Gasteiger partial charge in [-0.1, -0.05) is 27.7 Å². The molecule has 0 bridgehead atoms. The van der Waals surface area contributed by atoms with Gasteiger partial charge in [-0.3, -0.25) is 0 Å². The zero-order chi connectivity index (χ0) is 19.0. The molecule has 144 valence electrons. The minimum atomic E-state index is -1.77. The first-order valence-electron chi connectivity index (χ1n) is 10.3. The van der Waals surface area contributed by atoms with Crippen molar-refractivity contribution in [3.63, 3.8) is 0 Å². The molecule has 0 heterocycles. The fourth-order valence-electron chi connectivity index (χ4n) is 5.48. The van der Waals surface area contributed by atoms with Crippen molar-refractivity contribution in [2.75, 3.05) is 0 Å². The second kappa shape index (κ2) is 5.71. The second-order valence-corrected chi connectivity index (χ2v) is 20.8. The van der Waals surface area contributed by atoms with Gasteiger partial charge >= 0.3 is 0 Å². The molecule has 0 aliphatic heterocycles. The van der Waals surface area contributed by atoms with E-state index in [0.717, 1.165) is 18.3 Å². The molecule has 3 aliphatic carbocycles. The maximum Gasteiger partial charge on any atom is 0.241 e. The van der Waals surface area contributed by atoms with Crippen LogP contribution in [0.5, 0.6) is 0 Å². The van der Waals surface area contributed by atoms with Gasteiger partial charge in [-0.05, 0) is 80.9 Å². The van der Waals surface area contributed by atoms with Crippen LogP contribution in [0.3, 0.4) is 0 Å². The van der Waals surface area contributed by atoms with Crippen molar-refractivity contribution >= 4 is 16.6 Å². The Balaban J connectivity index is 1.94. The maximum absolute atomic E-state index is 7.09. The van der Waals surface area contributed by atoms with Crippen LogP contribution in [0, 0.1) is 23.7 Å². The van der Waals surface area contributed by atoms with E-state index in [1.165, 1.54) is 18.6 Å². The third-order valence-corrected chi connectivity index (χ3v) is 12.9. The predicted molar refractivity (Wildman–Crippen MR) is 112 cm³/mol. The molecule has 4 heteroatoms. The third-order valence-electron chi connectivity index (χ3n) is 7.52. The van der Waals surface area contributed by atoms with E-state index < -0.39 is 16.6 Å². The molecular weight excluding hydrogens is 340 g/mol. The van der Waals surface area contributed by atoms with Crippen LogP contribution >= 0.6 is 0 Å². The molecule has 2 nitrogen and oxygen atoms in total. The summed E-state index contributed by atoms with van der Waals surface area (Å²) in [7, 11) is -3.33. The molecule has 25 heavy (non-hydrogen) atoms. The van der Waals surface area contributed by atoms with Gasteiger partial charge in [0.2, 0.25) is 8.32 Å². The standard InChI is InChI=1S/C21H40O2Si2/c1-14-15-11-12-17-18(15)16(19(14)22-24(6,7)8)13-21(17,5)23-25(9,10)20(2,3)4/h14-15,17-18H,11-13H2,1-10H3/t14-,15-,17-,18-,21-/m1/s1. The molecule has 0 unspecified atom stereocenters.